The zero-order valence-corrected chi connectivity index (χ0v) is 18.3. The van der Waals surface area contributed by atoms with E-state index in [2.05, 4.69) is 5.32 Å². The Hall–Kier alpha value is -1.90. The maximum atomic E-state index is 12.6. The molecule has 1 N–H and O–H groups in total. The molecule has 0 aliphatic rings. The first-order valence-corrected chi connectivity index (χ1v) is 11.7. The molecule has 152 valence electrons. The molecule has 0 aliphatic carbocycles. The maximum Gasteiger partial charge on any atom is 0.243 e. The van der Waals surface area contributed by atoms with Crippen molar-refractivity contribution in [3.05, 3.63) is 53.6 Å². The predicted molar refractivity (Wildman–Crippen MR) is 115 cm³/mol. The molecule has 0 aromatic heterocycles. The molecule has 0 saturated carbocycles. The summed E-state index contributed by atoms with van der Waals surface area (Å²) in [6.45, 7) is 1.94. The lowest BCUT2D eigenvalue weighted by Crippen LogP contribution is -2.48. The van der Waals surface area contributed by atoms with E-state index in [0.29, 0.717) is 23.1 Å². The van der Waals surface area contributed by atoms with Gasteiger partial charge in [-0.2, -0.15) is 0 Å². The number of nitrogens with one attached hydrogen (secondary N) is 1. The number of thioether (sulfide) groups is 1. The van der Waals surface area contributed by atoms with Gasteiger partial charge in [0.05, 0.1) is 19.1 Å². The Bertz CT molecular complexity index is 907. The summed E-state index contributed by atoms with van der Waals surface area (Å²) in [6, 6.07) is 13.5. The molecule has 0 heterocycles. The second-order valence-corrected chi connectivity index (χ2v) is 9.47. The summed E-state index contributed by atoms with van der Waals surface area (Å²) in [6.07, 6.45) is 1.04. The van der Waals surface area contributed by atoms with Gasteiger partial charge in [0.1, 0.15) is 11.8 Å². The van der Waals surface area contributed by atoms with Crippen molar-refractivity contribution in [1.82, 2.24) is 5.32 Å². The van der Waals surface area contributed by atoms with Crippen LogP contribution in [0.5, 0.6) is 5.75 Å². The molecular formula is C19H23ClN2O4S2. The summed E-state index contributed by atoms with van der Waals surface area (Å²) in [5.74, 6) is 0.581. The molecule has 2 aromatic rings. The molecule has 28 heavy (non-hydrogen) atoms. The van der Waals surface area contributed by atoms with Crippen molar-refractivity contribution in [2.24, 2.45) is 0 Å². The van der Waals surface area contributed by atoms with E-state index in [9.17, 15) is 13.2 Å². The minimum absolute atomic E-state index is 0.221. The zero-order chi connectivity index (χ0) is 20.7. The Kier molecular flexibility index (Phi) is 8.03. The number of hydrogen-bond donors (Lipinski definition) is 1. The largest absolute Gasteiger partial charge is 0.495 e. The number of carbonyl (C=O) groups is 1. The van der Waals surface area contributed by atoms with Gasteiger partial charge < -0.3 is 10.1 Å². The van der Waals surface area contributed by atoms with Crippen LogP contribution in [0, 0.1) is 0 Å². The molecule has 0 radical (unpaired) electrons. The van der Waals surface area contributed by atoms with Gasteiger partial charge in [-0.25, -0.2) is 8.42 Å². The van der Waals surface area contributed by atoms with Crippen LogP contribution in [-0.4, -0.2) is 46.0 Å². The van der Waals surface area contributed by atoms with Crippen LogP contribution < -0.4 is 14.4 Å². The van der Waals surface area contributed by atoms with Crippen molar-refractivity contribution in [2.45, 2.75) is 17.9 Å². The summed E-state index contributed by atoms with van der Waals surface area (Å²) in [4.78, 5) is 13.7. The molecule has 0 fully saturated rings. The van der Waals surface area contributed by atoms with Crippen molar-refractivity contribution in [3.63, 3.8) is 0 Å². The van der Waals surface area contributed by atoms with Crippen molar-refractivity contribution < 1.29 is 17.9 Å². The number of hydrogen-bond acceptors (Lipinski definition) is 5. The van der Waals surface area contributed by atoms with Crippen LogP contribution in [0.3, 0.4) is 0 Å². The summed E-state index contributed by atoms with van der Waals surface area (Å²) in [5, 5.41) is 3.13. The summed E-state index contributed by atoms with van der Waals surface area (Å²) in [5.41, 5.74) is 0.221. The lowest BCUT2D eigenvalue weighted by molar-refractivity contribution is -0.121. The fraction of sp³-hybridized carbons (Fsp3) is 0.316. The normalized spacial score (nSPS) is 12.3. The van der Waals surface area contributed by atoms with E-state index in [-0.39, 0.29) is 5.69 Å². The third-order valence-corrected chi connectivity index (χ3v) is 6.36. The van der Waals surface area contributed by atoms with Crippen molar-refractivity contribution >= 4 is 45.0 Å². The summed E-state index contributed by atoms with van der Waals surface area (Å²) < 4.78 is 31.1. The van der Waals surface area contributed by atoms with E-state index in [1.807, 2.05) is 30.3 Å². The Morgan fingerprint density at radius 1 is 1.25 bits per heavy atom. The number of nitrogens with zero attached hydrogens (tertiary/aromatic N) is 1. The van der Waals surface area contributed by atoms with Crippen molar-refractivity contribution in [2.75, 3.05) is 30.0 Å². The summed E-state index contributed by atoms with van der Waals surface area (Å²) in [7, 11) is -2.33. The maximum absolute atomic E-state index is 12.6. The molecule has 2 rings (SSSR count). The molecule has 1 atom stereocenters. The number of halogens is 1. The van der Waals surface area contributed by atoms with Gasteiger partial charge in [-0.15, -0.1) is 11.8 Å². The van der Waals surface area contributed by atoms with Gasteiger partial charge in [-0.1, -0.05) is 29.8 Å². The average Bonchev–Trinajstić information content (AvgIpc) is 2.65. The standard InChI is InChI=1S/C19H23ClN2O4S2/c1-14(19(23)21-11-12-27-16-7-5-4-6-8-16)22(28(3,24)25)17-13-15(20)9-10-18(17)26-2/h4-10,13-14H,11-12H2,1-3H3,(H,21,23)/t14-/m0/s1. The first-order valence-electron chi connectivity index (χ1n) is 8.52. The third-order valence-electron chi connectivity index (χ3n) is 3.88. The van der Waals surface area contributed by atoms with Crippen LogP contribution in [0.15, 0.2) is 53.4 Å². The topological polar surface area (TPSA) is 75.7 Å². The number of anilines is 1. The number of methoxy groups -OCH3 is 1. The number of sulfonamides is 1. The van der Waals surface area contributed by atoms with E-state index in [4.69, 9.17) is 16.3 Å². The van der Waals surface area contributed by atoms with E-state index < -0.39 is 22.0 Å². The second kappa shape index (κ2) is 10.0. The van der Waals surface area contributed by atoms with Gasteiger partial charge in [0, 0.05) is 22.2 Å². The van der Waals surface area contributed by atoms with Crippen LogP contribution in [0.4, 0.5) is 5.69 Å². The van der Waals surface area contributed by atoms with Gasteiger partial charge in [-0.3, -0.25) is 9.10 Å². The Morgan fingerprint density at radius 2 is 1.93 bits per heavy atom. The van der Waals surface area contributed by atoms with Crippen LogP contribution in [0.1, 0.15) is 6.92 Å². The highest BCUT2D eigenvalue weighted by Crippen LogP contribution is 2.34. The third kappa shape index (κ3) is 6.05. The first kappa shape index (κ1) is 22.4. The predicted octanol–water partition coefficient (Wildman–Crippen LogP) is 3.41. The highest BCUT2D eigenvalue weighted by molar-refractivity contribution is 7.99. The molecule has 6 nitrogen and oxygen atoms in total. The molecule has 0 bridgehead atoms. The highest BCUT2D eigenvalue weighted by Gasteiger charge is 2.31. The van der Waals surface area contributed by atoms with Crippen molar-refractivity contribution in [3.8, 4) is 5.75 Å². The number of ether oxygens (including phenoxy) is 1. The van der Waals surface area contributed by atoms with Crippen molar-refractivity contribution in [1.29, 1.82) is 0 Å². The van der Waals surface area contributed by atoms with Gasteiger partial charge in [0.2, 0.25) is 15.9 Å². The molecule has 1 amide bonds. The Labute approximate surface area is 175 Å². The van der Waals surface area contributed by atoms with Crippen LogP contribution in [0.2, 0.25) is 5.02 Å². The zero-order valence-electron chi connectivity index (χ0n) is 15.9. The number of carbonyl (C=O) groups excluding carboxylic acids is 1. The van der Waals surface area contributed by atoms with E-state index in [0.717, 1.165) is 15.5 Å². The monoisotopic (exact) mass is 442 g/mol. The molecular weight excluding hydrogens is 420 g/mol. The fourth-order valence-electron chi connectivity index (χ4n) is 2.62. The number of amides is 1. The van der Waals surface area contributed by atoms with Gasteiger partial charge in [0.25, 0.3) is 0 Å². The van der Waals surface area contributed by atoms with Crippen LogP contribution in [-0.2, 0) is 14.8 Å². The number of rotatable bonds is 9. The molecule has 0 aliphatic heterocycles. The SMILES string of the molecule is COc1ccc(Cl)cc1N([C@@H](C)C(=O)NCCSc1ccccc1)S(C)(=O)=O. The van der Waals surface area contributed by atoms with E-state index in [1.54, 1.807) is 23.9 Å². The first-order chi connectivity index (χ1) is 13.2. The van der Waals surface area contributed by atoms with Gasteiger partial charge in [0.15, 0.2) is 0 Å². The lowest BCUT2D eigenvalue weighted by Gasteiger charge is -2.29. The fourth-order valence-corrected chi connectivity index (χ4v) is 4.75. The molecule has 0 spiro atoms. The Morgan fingerprint density at radius 3 is 2.54 bits per heavy atom. The quantitative estimate of drug-likeness (QED) is 0.475. The molecule has 9 heteroatoms. The van der Waals surface area contributed by atoms with E-state index >= 15 is 0 Å². The molecule has 2 aromatic carbocycles. The minimum Gasteiger partial charge on any atom is -0.495 e. The minimum atomic E-state index is -3.76. The smallest absolute Gasteiger partial charge is 0.243 e. The highest BCUT2D eigenvalue weighted by atomic mass is 35.5. The second-order valence-electron chi connectivity index (χ2n) is 6.00. The van der Waals surface area contributed by atoms with Crippen LogP contribution >= 0.6 is 23.4 Å². The Balaban J connectivity index is 2.09. The van der Waals surface area contributed by atoms with Gasteiger partial charge in [-0.05, 0) is 37.3 Å². The number of benzene rings is 2. The average molecular weight is 443 g/mol. The van der Waals surface area contributed by atoms with Gasteiger partial charge >= 0.3 is 0 Å². The molecule has 0 saturated heterocycles. The van der Waals surface area contributed by atoms with E-state index in [1.165, 1.54) is 20.1 Å². The summed E-state index contributed by atoms with van der Waals surface area (Å²) >= 11 is 7.64. The lowest BCUT2D eigenvalue weighted by atomic mass is 10.2. The van der Waals surface area contributed by atoms with Crippen LogP contribution in [0.25, 0.3) is 0 Å². The molecule has 0 unspecified atom stereocenters.